The Morgan fingerprint density at radius 2 is 1.88 bits per heavy atom. The van der Waals surface area contributed by atoms with Crippen LogP contribution in [0.3, 0.4) is 0 Å². The number of anilines is 1. The van der Waals surface area contributed by atoms with Crippen molar-refractivity contribution < 1.29 is 5.11 Å². The number of aryl methyl sites for hydroxylation is 1. The molecule has 4 nitrogen and oxygen atoms in total. The standard InChI is InChI=1S/C13H15N3O/c1-8-11-4-2-3-5-12(11)13(16-15-8)14-9-6-10(17)7-9/h2-5,9-10,17H,6-7H2,1H3,(H,14,16). The van der Waals surface area contributed by atoms with Crippen molar-refractivity contribution in [2.45, 2.75) is 31.9 Å². The minimum atomic E-state index is -0.155. The summed E-state index contributed by atoms with van der Waals surface area (Å²) in [5.41, 5.74) is 0.944. The van der Waals surface area contributed by atoms with E-state index in [2.05, 4.69) is 27.6 Å². The predicted octanol–water partition coefficient (Wildman–Crippen LogP) is 1.87. The molecule has 1 saturated carbocycles. The number of aliphatic hydroxyl groups is 1. The molecular weight excluding hydrogens is 214 g/mol. The van der Waals surface area contributed by atoms with Crippen LogP contribution < -0.4 is 5.32 Å². The molecule has 0 unspecified atom stereocenters. The fourth-order valence-corrected chi connectivity index (χ4v) is 2.24. The van der Waals surface area contributed by atoms with Crippen LogP contribution in [0.4, 0.5) is 5.82 Å². The lowest BCUT2D eigenvalue weighted by atomic mass is 9.89. The Morgan fingerprint density at radius 3 is 2.59 bits per heavy atom. The number of rotatable bonds is 2. The van der Waals surface area contributed by atoms with Crippen molar-refractivity contribution in [2.75, 3.05) is 5.32 Å². The molecule has 1 fully saturated rings. The Bertz CT molecular complexity index is 549. The van der Waals surface area contributed by atoms with Gasteiger partial charge >= 0.3 is 0 Å². The summed E-state index contributed by atoms with van der Waals surface area (Å²) in [6.45, 7) is 1.96. The quantitative estimate of drug-likeness (QED) is 0.825. The van der Waals surface area contributed by atoms with E-state index >= 15 is 0 Å². The van der Waals surface area contributed by atoms with Crippen LogP contribution in [0.25, 0.3) is 10.8 Å². The average molecular weight is 229 g/mol. The molecule has 17 heavy (non-hydrogen) atoms. The zero-order valence-corrected chi connectivity index (χ0v) is 9.72. The van der Waals surface area contributed by atoms with Crippen LogP contribution in [0.2, 0.25) is 0 Å². The fourth-order valence-electron chi connectivity index (χ4n) is 2.24. The van der Waals surface area contributed by atoms with Crippen LogP contribution in [0.15, 0.2) is 24.3 Å². The molecule has 1 heterocycles. The lowest BCUT2D eigenvalue weighted by Crippen LogP contribution is -2.39. The number of hydrogen-bond acceptors (Lipinski definition) is 4. The van der Waals surface area contributed by atoms with Gasteiger partial charge in [0.1, 0.15) is 0 Å². The second-order valence-electron chi connectivity index (χ2n) is 4.65. The summed E-state index contributed by atoms with van der Waals surface area (Å²) in [7, 11) is 0. The summed E-state index contributed by atoms with van der Waals surface area (Å²) in [6, 6.07) is 8.44. The van der Waals surface area contributed by atoms with Gasteiger partial charge in [-0.3, -0.25) is 0 Å². The van der Waals surface area contributed by atoms with Crippen LogP contribution in [-0.2, 0) is 0 Å². The van der Waals surface area contributed by atoms with Crippen molar-refractivity contribution in [3.63, 3.8) is 0 Å². The molecule has 1 aliphatic rings. The summed E-state index contributed by atoms with van der Waals surface area (Å²) < 4.78 is 0. The van der Waals surface area contributed by atoms with Gasteiger partial charge in [0.15, 0.2) is 5.82 Å². The minimum Gasteiger partial charge on any atom is -0.393 e. The van der Waals surface area contributed by atoms with Crippen molar-refractivity contribution >= 4 is 16.6 Å². The molecule has 2 aromatic rings. The number of hydrogen-bond donors (Lipinski definition) is 2. The molecule has 0 radical (unpaired) electrons. The first-order valence-electron chi connectivity index (χ1n) is 5.90. The third-order valence-corrected chi connectivity index (χ3v) is 3.33. The first-order chi connectivity index (χ1) is 8.24. The summed E-state index contributed by atoms with van der Waals surface area (Å²) in [5.74, 6) is 0.822. The van der Waals surface area contributed by atoms with E-state index in [1.165, 1.54) is 0 Å². The molecule has 0 bridgehead atoms. The molecule has 0 aliphatic heterocycles. The molecule has 4 heteroatoms. The zero-order chi connectivity index (χ0) is 11.8. The third-order valence-electron chi connectivity index (χ3n) is 3.33. The van der Waals surface area contributed by atoms with E-state index in [4.69, 9.17) is 0 Å². The van der Waals surface area contributed by atoms with Gasteiger partial charge in [-0.2, -0.15) is 5.10 Å². The maximum absolute atomic E-state index is 9.28. The fraction of sp³-hybridized carbons (Fsp3) is 0.385. The van der Waals surface area contributed by atoms with E-state index in [0.29, 0.717) is 6.04 Å². The van der Waals surface area contributed by atoms with E-state index < -0.39 is 0 Å². The summed E-state index contributed by atoms with van der Waals surface area (Å²) in [6.07, 6.45) is 1.44. The molecule has 0 atom stereocenters. The predicted molar refractivity (Wildman–Crippen MR) is 66.9 cm³/mol. The zero-order valence-electron chi connectivity index (χ0n) is 9.72. The van der Waals surface area contributed by atoms with E-state index in [0.717, 1.165) is 35.1 Å². The van der Waals surface area contributed by atoms with Crippen molar-refractivity contribution in [3.8, 4) is 0 Å². The first-order valence-corrected chi connectivity index (χ1v) is 5.90. The topological polar surface area (TPSA) is 58.0 Å². The van der Waals surface area contributed by atoms with Gasteiger partial charge in [-0.05, 0) is 19.8 Å². The average Bonchev–Trinajstić information content (AvgIpc) is 2.31. The molecule has 2 N–H and O–H groups in total. The van der Waals surface area contributed by atoms with Crippen molar-refractivity contribution in [1.82, 2.24) is 10.2 Å². The second-order valence-corrected chi connectivity index (χ2v) is 4.65. The van der Waals surface area contributed by atoms with Crippen LogP contribution in [0, 0.1) is 6.92 Å². The van der Waals surface area contributed by atoms with Gasteiger partial charge in [0.2, 0.25) is 0 Å². The van der Waals surface area contributed by atoms with E-state index in [9.17, 15) is 5.11 Å². The number of fused-ring (bicyclic) bond motifs is 1. The number of nitrogens with zero attached hydrogens (tertiary/aromatic N) is 2. The van der Waals surface area contributed by atoms with Gasteiger partial charge in [-0.25, -0.2) is 0 Å². The highest BCUT2D eigenvalue weighted by Gasteiger charge is 2.27. The Hall–Kier alpha value is -1.68. The normalized spacial score (nSPS) is 23.4. The van der Waals surface area contributed by atoms with Crippen LogP contribution in [0.5, 0.6) is 0 Å². The SMILES string of the molecule is Cc1nnc(NC2CC(O)C2)c2ccccc12. The number of benzene rings is 1. The van der Waals surface area contributed by atoms with Gasteiger partial charge in [0, 0.05) is 16.8 Å². The molecule has 1 aromatic heterocycles. The highest BCUT2D eigenvalue weighted by Crippen LogP contribution is 2.27. The molecule has 0 spiro atoms. The molecule has 88 valence electrons. The smallest absolute Gasteiger partial charge is 0.156 e. The monoisotopic (exact) mass is 229 g/mol. The molecule has 0 amide bonds. The van der Waals surface area contributed by atoms with Crippen LogP contribution in [0.1, 0.15) is 18.5 Å². The minimum absolute atomic E-state index is 0.155. The third kappa shape index (κ3) is 1.85. The summed E-state index contributed by atoms with van der Waals surface area (Å²) >= 11 is 0. The highest BCUT2D eigenvalue weighted by atomic mass is 16.3. The lowest BCUT2D eigenvalue weighted by molar-refractivity contribution is 0.0835. The Kier molecular flexibility index (Phi) is 2.44. The van der Waals surface area contributed by atoms with Crippen molar-refractivity contribution in [3.05, 3.63) is 30.0 Å². The Morgan fingerprint density at radius 1 is 1.18 bits per heavy atom. The highest BCUT2D eigenvalue weighted by molar-refractivity contribution is 5.92. The van der Waals surface area contributed by atoms with Gasteiger partial charge in [0.05, 0.1) is 11.8 Å². The molecule has 1 aromatic carbocycles. The molecular formula is C13H15N3O. The number of aliphatic hydroxyl groups excluding tert-OH is 1. The molecule has 0 saturated heterocycles. The van der Waals surface area contributed by atoms with Crippen LogP contribution >= 0.6 is 0 Å². The summed E-state index contributed by atoms with van der Waals surface area (Å²) in [5, 5.41) is 23.2. The lowest BCUT2D eigenvalue weighted by Gasteiger charge is -2.32. The largest absolute Gasteiger partial charge is 0.393 e. The molecule has 1 aliphatic carbocycles. The first kappa shape index (κ1) is 10.5. The van der Waals surface area contributed by atoms with Gasteiger partial charge in [-0.1, -0.05) is 24.3 Å². The van der Waals surface area contributed by atoms with Crippen LogP contribution in [-0.4, -0.2) is 27.4 Å². The Labute approximate surface area is 99.7 Å². The van der Waals surface area contributed by atoms with Crippen molar-refractivity contribution in [1.29, 1.82) is 0 Å². The van der Waals surface area contributed by atoms with Crippen molar-refractivity contribution in [2.24, 2.45) is 0 Å². The molecule has 3 rings (SSSR count). The van der Waals surface area contributed by atoms with E-state index in [1.54, 1.807) is 0 Å². The maximum atomic E-state index is 9.28. The van der Waals surface area contributed by atoms with Gasteiger partial charge in [-0.15, -0.1) is 5.10 Å². The summed E-state index contributed by atoms with van der Waals surface area (Å²) in [4.78, 5) is 0. The van der Waals surface area contributed by atoms with Gasteiger partial charge < -0.3 is 10.4 Å². The van der Waals surface area contributed by atoms with E-state index in [-0.39, 0.29) is 6.10 Å². The van der Waals surface area contributed by atoms with E-state index in [1.807, 2.05) is 19.1 Å². The maximum Gasteiger partial charge on any atom is 0.156 e. The second kappa shape index (κ2) is 3.96. The number of nitrogens with one attached hydrogen (secondary N) is 1. The Balaban J connectivity index is 1.96. The van der Waals surface area contributed by atoms with Gasteiger partial charge in [0.25, 0.3) is 0 Å². The number of aromatic nitrogens is 2.